The number of aryl methyl sites for hydroxylation is 1. The zero-order valence-corrected chi connectivity index (χ0v) is 12.0. The van der Waals surface area contributed by atoms with Gasteiger partial charge in [0, 0.05) is 5.69 Å². The molecule has 5 nitrogen and oxygen atoms in total. The number of hydrogen-bond acceptors (Lipinski definition) is 5. The van der Waals surface area contributed by atoms with Crippen LogP contribution >= 0.6 is 11.3 Å². The number of nitrogens with two attached hydrogens (primary N) is 1. The van der Waals surface area contributed by atoms with Crippen molar-refractivity contribution in [2.75, 3.05) is 10.5 Å². The average Bonchev–Trinajstić information content (AvgIpc) is 2.80. The van der Waals surface area contributed by atoms with E-state index >= 15 is 0 Å². The van der Waals surface area contributed by atoms with Crippen molar-refractivity contribution < 1.29 is 12.8 Å². The number of nitrogen functional groups attached to an aromatic ring is 1. The molecule has 0 atom stereocenters. The van der Waals surface area contributed by atoms with Gasteiger partial charge in [-0.15, -0.1) is 11.3 Å². The first kappa shape index (κ1) is 14.3. The first-order valence-electron chi connectivity index (χ1n) is 5.41. The van der Waals surface area contributed by atoms with E-state index in [1.54, 1.807) is 5.38 Å². The highest BCUT2D eigenvalue weighted by molar-refractivity contribution is 7.93. The third kappa shape index (κ3) is 2.59. The van der Waals surface area contributed by atoms with Crippen LogP contribution in [0.5, 0.6) is 0 Å². The van der Waals surface area contributed by atoms with E-state index in [2.05, 4.69) is 4.72 Å². The van der Waals surface area contributed by atoms with Crippen molar-refractivity contribution in [2.45, 2.75) is 11.8 Å². The number of nitriles is 1. The fourth-order valence-electron chi connectivity index (χ4n) is 1.61. The van der Waals surface area contributed by atoms with Gasteiger partial charge in [-0.2, -0.15) is 5.26 Å². The molecule has 0 unspecified atom stereocenters. The molecule has 104 valence electrons. The van der Waals surface area contributed by atoms with E-state index in [9.17, 15) is 12.8 Å². The van der Waals surface area contributed by atoms with Crippen molar-refractivity contribution in [1.29, 1.82) is 5.26 Å². The van der Waals surface area contributed by atoms with Gasteiger partial charge in [0.1, 0.15) is 21.8 Å². The SMILES string of the molecule is Cc1cc(N)cc(S(=O)(=O)Nc2sccc2C#N)c1F. The number of halogens is 1. The Bertz CT molecular complexity index is 807. The van der Waals surface area contributed by atoms with Crippen molar-refractivity contribution in [1.82, 2.24) is 0 Å². The Balaban J connectivity index is 2.50. The summed E-state index contributed by atoms with van der Waals surface area (Å²) in [4.78, 5) is -0.535. The molecular weight excluding hydrogens is 301 g/mol. The number of benzene rings is 1. The summed E-state index contributed by atoms with van der Waals surface area (Å²) in [7, 11) is -4.14. The first-order valence-corrected chi connectivity index (χ1v) is 7.77. The van der Waals surface area contributed by atoms with Gasteiger partial charge in [-0.25, -0.2) is 12.8 Å². The molecule has 1 aromatic carbocycles. The smallest absolute Gasteiger partial charge is 0.265 e. The summed E-state index contributed by atoms with van der Waals surface area (Å²) < 4.78 is 40.5. The van der Waals surface area contributed by atoms with Crippen molar-refractivity contribution in [3.8, 4) is 6.07 Å². The Labute approximate surface area is 119 Å². The predicted octanol–water partition coefficient (Wildman–Crippen LogP) is 2.45. The number of nitrogens with one attached hydrogen (secondary N) is 1. The molecule has 2 aromatic rings. The molecule has 0 fully saturated rings. The summed E-state index contributed by atoms with van der Waals surface area (Å²) in [5, 5.41) is 10.6. The summed E-state index contributed by atoms with van der Waals surface area (Å²) in [5.41, 5.74) is 6.01. The minimum absolute atomic E-state index is 0.136. The zero-order chi connectivity index (χ0) is 14.9. The van der Waals surface area contributed by atoms with Crippen molar-refractivity contribution >= 4 is 32.0 Å². The molecule has 20 heavy (non-hydrogen) atoms. The molecule has 0 aliphatic heterocycles. The Kier molecular flexibility index (Phi) is 3.65. The fraction of sp³-hybridized carbons (Fsp3) is 0.0833. The minimum Gasteiger partial charge on any atom is -0.399 e. The maximum atomic E-state index is 14.0. The van der Waals surface area contributed by atoms with Crippen LogP contribution < -0.4 is 10.5 Å². The van der Waals surface area contributed by atoms with Crippen LogP contribution in [-0.2, 0) is 10.0 Å². The molecule has 1 heterocycles. The molecule has 8 heteroatoms. The van der Waals surface area contributed by atoms with Crippen LogP contribution in [0.1, 0.15) is 11.1 Å². The van der Waals surface area contributed by atoms with Gasteiger partial charge in [0.25, 0.3) is 10.0 Å². The van der Waals surface area contributed by atoms with Gasteiger partial charge >= 0.3 is 0 Å². The number of thiophene rings is 1. The second kappa shape index (κ2) is 5.11. The molecule has 0 amide bonds. The van der Waals surface area contributed by atoms with Crippen LogP contribution in [0.25, 0.3) is 0 Å². The molecule has 0 saturated heterocycles. The van der Waals surface area contributed by atoms with Crippen LogP contribution in [0.4, 0.5) is 15.1 Å². The molecule has 3 N–H and O–H groups in total. The van der Waals surface area contributed by atoms with E-state index < -0.39 is 20.7 Å². The van der Waals surface area contributed by atoms with Gasteiger partial charge in [0.15, 0.2) is 0 Å². The van der Waals surface area contributed by atoms with Crippen LogP contribution in [-0.4, -0.2) is 8.42 Å². The molecule has 1 aromatic heterocycles. The van der Waals surface area contributed by atoms with Gasteiger partial charge < -0.3 is 5.73 Å². The summed E-state index contributed by atoms with van der Waals surface area (Å²) in [6.45, 7) is 1.43. The highest BCUT2D eigenvalue weighted by Gasteiger charge is 2.22. The van der Waals surface area contributed by atoms with E-state index in [1.165, 1.54) is 19.1 Å². The fourth-order valence-corrected chi connectivity index (χ4v) is 3.87. The molecule has 0 bridgehead atoms. The third-order valence-electron chi connectivity index (χ3n) is 2.55. The summed E-state index contributed by atoms with van der Waals surface area (Å²) in [6, 6.07) is 5.72. The summed E-state index contributed by atoms with van der Waals surface area (Å²) in [6.07, 6.45) is 0. The number of anilines is 2. The van der Waals surface area contributed by atoms with Gasteiger partial charge in [0.05, 0.1) is 5.56 Å². The van der Waals surface area contributed by atoms with Crippen molar-refractivity contribution in [3.63, 3.8) is 0 Å². The lowest BCUT2D eigenvalue weighted by Crippen LogP contribution is -2.15. The number of hydrogen-bond donors (Lipinski definition) is 2. The lowest BCUT2D eigenvalue weighted by Gasteiger charge is -2.10. The Hall–Kier alpha value is -2.11. The summed E-state index contributed by atoms with van der Waals surface area (Å²) in [5.74, 6) is -0.859. The monoisotopic (exact) mass is 311 g/mol. The molecule has 0 aliphatic carbocycles. The van der Waals surface area contributed by atoms with Gasteiger partial charge in [0.2, 0.25) is 0 Å². The van der Waals surface area contributed by atoms with Gasteiger partial charge in [-0.1, -0.05) is 0 Å². The van der Waals surface area contributed by atoms with E-state index in [4.69, 9.17) is 11.0 Å². The molecular formula is C12H10FN3O2S2. The van der Waals surface area contributed by atoms with Crippen LogP contribution in [0.15, 0.2) is 28.5 Å². The second-order valence-electron chi connectivity index (χ2n) is 4.03. The lowest BCUT2D eigenvalue weighted by atomic mass is 10.2. The van der Waals surface area contributed by atoms with Gasteiger partial charge in [-0.3, -0.25) is 4.72 Å². The average molecular weight is 311 g/mol. The zero-order valence-electron chi connectivity index (χ0n) is 10.3. The highest BCUT2D eigenvalue weighted by atomic mass is 32.2. The molecule has 0 radical (unpaired) electrons. The lowest BCUT2D eigenvalue weighted by molar-refractivity contribution is 0.565. The van der Waals surface area contributed by atoms with E-state index in [0.29, 0.717) is 0 Å². The third-order valence-corrected chi connectivity index (χ3v) is 4.85. The number of rotatable bonds is 3. The van der Waals surface area contributed by atoms with Crippen LogP contribution in [0, 0.1) is 24.1 Å². The largest absolute Gasteiger partial charge is 0.399 e. The summed E-state index contributed by atoms with van der Waals surface area (Å²) >= 11 is 1.04. The molecule has 0 saturated carbocycles. The van der Waals surface area contributed by atoms with Crippen molar-refractivity contribution in [2.24, 2.45) is 0 Å². The quantitative estimate of drug-likeness (QED) is 0.851. The highest BCUT2D eigenvalue weighted by Crippen LogP contribution is 2.28. The maximum absolute atomic E-state index is 14.0. The molecule has 0 aliphatic rings. The Morgan fingerprint density at radius 1 is 1.45 bits per heavy atom. The van der Waals surface area contributed by atoms with Crippen LogP contribution in [0.3, 0.4) is 0 Å². The van der Waals surface area contributed by atoms with E-state index in [1.807, 2.05) is 6.07 Å². The first-order chi connectivity index (χ1) is 9.35. The van der Waals surface area contributed by atoms with Gasteiger partial charge in [-0.05, 0) is 36.1 Å². The minimum atomic E-state index is -4.14. The predicted molar refractivity (Wildman–Crippen MR) is 75.4 cm³/mol. The van der Waals surface area contributed by atoms with Crippen LogP contribution in [0.2, 0.25) is 0 Å². The topological polar surface area (TPSA) is 96.0 Å². The molecule has 0 spiro atoms. The number of sulfonamides is 1. The molecule has 2 rings (SSSR count). The number of nitrogens with zero attached hydrogens (tertiary/aromatic N) is 1. The Morgan fingerprint density at radius 2 is 2.15 bits per heavy atom. The van der Waals surface area contributed by atoms with E-state index in [0.717, 1.165) is 17.4 Å². The standard InChI is InChI=1S/C12H10FN3O2S2/c1-7-4-9(15)5-10(11(7)13)20(17,18)16-12-8(6-14)2-3-19-12/h2-5,16H,15H2,1H3. The normalized spacial score (nSPS) is 11.1. The maximum Gasteiger partial charge on any atom is 0.265 e. The van der Waals surface area contributed by atoms with E-state index in [-0.39, 0.29) is 21.8 Å². The second-order valence-corrected chi connectivity index (χ2v) is 6.60. The van der Waals surface area contributed by atoms with Crippen molar-refractivity contribution in [3.05, 3.63) is 40.5 Å². The Morgan fingerprint density at radius 3 is 2.80 bits per heavy atom.